The van der Waals surface area contributed by atoms with Crippen molar-refractivity contribution >= 4 is 6.41 Å². The molecule has 25 heavy (non-hydrogen) atoms. The van der Waals surface area contributed by atoms with Gasteiger partial charge < -0.3 is 23.8 Å². The van der Waals surface area contributed by atoms with Crippen molar-refractivity contribution in [3.63, 3.8) is 0 Å². The number of fused-ring (bicyclic) bond motifs is 6. The molecule has 6 heteroatoms. The van der Waals surface area contributed by atoms with Gasteiger partial charge in [-0.2, -0.15) is 0 Å². The molecular formula is C19H15NO5. The Morgan fingerprint density at radius 2 is 1.76 bits per heavy atom. The molecule has 3 aliphatic heterocycles. The predicted molar refractivity (Wildman–Crippen MR) is 87.0 cm³/mol. The molecule has 1 atom stereocenters. The van der Waals surface area contributed by atoms with E-state index in [4.69, 9.17) is 18.9 Å². The van der Waals surface area contributed by atoms with Crippen LogP contribution in [0.5, 0.6) is 23.0 Å². The van der Waals surface area contributed by atoms with Crippen molar-refractivity contribution in [1.82, 2.24) is 4.90 Å². The second-order valence-electron chi connectivity index (χ2n) is 6.70. The van der Waals surface area contributed by atoms with Gasteiger partial charge in [0.05, 0.1) is 6.04 Å². The van der Waals surface area contributed by atoms with Gasteiger partial charge in [-0.1, -0.05) is 6.07 Å². The molecule has 0 saturated heterocycles. The number of hydrogen-bond acceptors (Lipinski definition) is 5. The third-order valence-electron chi connectivity index (χ3n) is 5.59. The van der Waals surface area contributed by atoms with Crippen LogP contribution < -0.4 is 18.9 Å². The lowest BCUT2D eigenvalue weighted by molar-refractivity contribution is -0.120. The van der Waals surface area contributed by atoms with Gasteiger partial charge in [-0.25, -0.2) is 0 Å². The van der Waals surface area contributed by atoms with Crippen molar-refractivity contribution in [2.75, 3.05) is 20.1 Å². The van der Waals surface area contributed by atoms with Crippen LogP contribution in [-0.4, -0.2) is 31.4 Å². The summed E-state index contributed by atoms with van der Waals surface area (Å²) in [4.78, 5) is 13.5. The molecule has 0 fully saturated rings. The lowest BCUT2D eigenvalue weighted by Crippen LogP contribution is -2.37. The van der Waals surface area contributed by atoms with Crippen molar-refractivity contribution in [2.24, 2.45) is 0 Å². The molecule has 0 spiro atoms. The molecule has 0 radical (unpaired) electrons. The van der Waals surface area contributed by atoms with Crippen molar-refractivity contribution in [2.45, 2.75) is 18.9 Å². The van der Waals surface area contributed by atoms with Crippen molar-refractivity contribution < 1.29 is 23.7 Å². The topological polar surface area (TPSA) is 57.2 Å². The van der Waals surface area contributed by atoms with Gasteiger partial charge in [0.1, 0.15) is 0 Å². The van der Waals surface area contributed by atoms with Crippen LogP contribution in [0.4, 0.5) is 0 Å². The number of rotatable bonds is 1. The summed E-state index contributed by atoms with van der Waals surface area (Å²) >= 11 is 0. The van der Waals surface area contributed by atoms with E-state index >= 15 is 0 Å². The van der Waals surface area contributed by atoms with Gasteiger partial charge >= 0.3 is 0 Å². The summed E-state index contributed by atoms with van der Waals surface area (Å²) in [6, 6.07) is 6.11. The largest absolute Gasteiger partial charge is 0.454 e. The molecule has 4 aliphatic rings. The van der Waals surface area contributed by atoms with Gasteiger partial charge in [0.2, 0.25) is 20.0 Å². The highest BCUT2D eigenvalue weighted by Crippen LogP contribution is 2.57. The Balaban J connectivity index is 1.72. The third-order valence-corrected chi connectivity index (χ3v) is 5.59. The Labute approximate surface area is 143 Å². The summed E-state index contributed by atoms with van der Waals surface area (Å²) in [6.45, 7) is 1.17. The summed E-state index contributed by atoms with van der Waals surface area (Å²) in [5.41, 5.74) is 5.57. The van der Waals surface area contributed by atoms with Crippen LogP contribution in [0.25, 0.3) is 11.1 Å². The maximum Gasteiger partial charge on any atom is 0.231 e. The van der Waals surface area contributed by atoms with Crippen molar-refractivity contribution in [3.05, 3.63) is 34.9 Å². The molecule has 6 rings (SSSR count). The Kier molecular flexibility index (Phi) is 2.46. The minimum atomic E-state index is 0.0265. The Hall–Kier alpha value is -2.89. The zero-order valence-corrected chi connectivity index (χ0v) is 13.4. The fraction of sp³-hybridized carbons (Fsp3) is 0.316. The fourth-order valence-corrected chi connectivity index (χ4v) is 4.53. The van der Waals surface area contributed by atoms with Crippen LogP contribution in [0.15, 0.2) is 18.2 Å². The van der Waals surface area contributed by atoms with E-state index in [1.165, 1.54) is 11.1 Å². The molecule has 2 aromatic carbocycles. The molecule has 0 bridgehead atoms. The number of benzene rings is 2. The van der Waals surface area contributed by atoms with Crippen molar-refractivity contribution in [1.29, 1.82) is 0 Å². The van der Waals surface area contributed by atoms with Gasteiger partial charge in [0.25, 0.3) is 0 Å². The highest BCUT2D eigenvalue weighted by atomic mass is 16.7. The SMILES string of the molecule is O=CN1CCc2cc3c(c4c2C1Cc1ccc2c(c1-4)OCO2)OCO3. The molecular weight excluding hydrogens is 322 g/mol. The third kappa shape index (κ3) is 1.61. The maximum absolute atomic E-state index is 11.6. The van der Waals surface area contributed by atoms with E-state index in [0.29, 0.717) is 0 Å². The smallest absolute Gasteiger partial charge is 0.231 e. The minimum absolute atomic E-state index is 0.0265. The van der Waals surface area contributed by atoms with E-state index in [0.717, 1.165) is 65.5 Å². The molecule has 0 aromatic heterocycles. The predicted octanol–water partition coefficient (Wildman–Crippen LogP) is 2.42. The normalized spacial score (nSPS) is 21.0. The van der Waals surface area contributed by atoms with E-state index in [2.05, 4.69) is 12.1 Å². The second-order valence-corrected chi connectivity index (χ2v) is 6.70. The lowest BCUT2D eigenvalue weighted by Gasteiger charge is -2.40. The zero-order valence-electron chi connectivity index (χ0n) is 13.4. The number of ether oxygens (including phenoxy) is 4. The number of amides is 1. The van der Waals surface area contributed by atoms with Crippen LogP contribution in [0.3, 0.4) is 0 Å². The number of carbonyl (C=O) groups excluding carboxylic acids is 1. The first-order valence-corrected chi connectivity index (χ1v) is 8.43. The van der Waals surface area contributed by atoms with Crippen LogP contribution >= 0.6 is 0 Å². The van der Waals surface area contributed by atoms with Gasteiger partial charge in [-0.05, 0) is 41.7 Å². The quantitative estimate of drug-likeness (QED) is 0.748. The van der Waals surface area contributed by atoms with E-state index in [-0.39, 0.29) is 19.6 Å². The zero-order chi connectivity index (χ0) is 16.5. The molecule has 1 aliphatic carbocycles. The molecule has 3 heterocycles. The monoisotopic (exact) mass is 337 g/mol. The number of carbonyl (C=O) groups is 1. The van der Waals surface area contributed by atoms with Crippen LogP contribution in [0, 0.1) is 0 Å². The highest BCUT2D eigenvalue weighted by Gasteiger charge is 2.40. The first-order chi connectivity index (χ1) is 12.3. The highest BCUT2D eigenvalue weighted by molar-refractivity contribution is 5.89. The molecule has 0 N–H and O–H groups in total. The molecule has 126 valence electrons. The van der Waals surface area contributed by atoms with Gasteiger partial charge in [0.15, 0.2) is 23.0 Å². The first-order valence-electron chi connectivity index (χ1n) is 8.43. The van der Waals surface area contributed by atoms with E-state index in [1.807, 2.05) is 11.0 Å². The van der Waals surface area contributed by atoms with Gasteiger partial charge in [-0.15, -0.1) is 0 Å². The lowest BCUT2D eigenvalue weighted by atomic mass is 9.76. The molecule has 1 amide bonds. The Bertz CT molecular complexity index is 938. The van der Waals surface area contributed by atoms with Crippen molar-refractivity contribution in [3.8, 4) is 34.1 Å². The fourth-order valence-electron chi connectivity index (χ4n) is 4.53. The summed E-state index contributed by atoms with van der Waals surface area (Å²) in [5, 5.41) is 0. The average Bonchev–Trinajstić information content (AvgIpc) is 3.30. The van der Waals surface area contributed by atoms with E-state index in [1.54, 1.807) is 0 Å². The summed E-state index contributed by atoms with van der Waals surface area (Å²) in [5.74, 6) is 3.05. The van der Waals surface area contributed by atoms with Gasteiger partial charge in [-0.3, -0.25) is 4.79 Å². The number of hydrogen-bond donors (Lipinski definition) is 0. The molecule has 2 aromatic rings. The minimum Gasteiger partial charge on any atom is -0.454 e. The molecule has 6 nitrogen and oxygen atoms in total. The Morgan fingerprint density at radius 1 is 0.960 bits per heavy atom. The van der Waals surface area contributed by atoms with Crippen LogP contribution in [-0.2, 0) is 17.6 Å². The number of nitrogens with zero attached hydrogens (tertiary/aromatic N) is 1. The van der Waals surface area contributed by atoms with Crippen LogP contribution in [0.2, 0.25) is 0 Å². The second kappa shape index (κ2) is 4.59. The van der Waals surface area contributed by atoms with E-state index in [9.17, 15) is 4.79 Å². The maximum atomic E-state index is 11.6. The van der Waals surface area contributed by atoms with E-state index < -0.39 is 0 Å². The van der Waals surface area contributed by atoms with Crippen LogP contribution in [0.1, 0.15) is 22.7 Å². The van der Waals surface area contributed by atoms with Gasteiger partial charge in [0, 0.05) is 17.7 Å². The average molecular weight is 337 g/mol. The first kappa shape index (κ1) is 13.4. The standard InChI is InChI=1S/C19H15NO5/c21-7-20-4-3-11-6-14-19(25-9-23-14)17-15(11)12(20)5-10-1-2-13-18(16(10)17)24-8-22-13/h1-2,6-7,12H,3-5,8-9H2. The summed E-state index contributed by atoms with van der Waals surface area (Å²) in [6.07, 6.45) is 2.54. The summed E-state index contributed by atoms with van der Waals surface area (Å²) < 4.78 is 22.9. The Morgan fingerprint density at radius 3 is 2.60 bits per heavy atom. The summed E-state index contributed by atoms with van der Waals surface area (Å²) in [7, 11) is 0. The molecule has 0 saturated carbocycles. The molecule has 1 unspecified atom stereocenters.